The van der Waals surface area contributed by atoms with E-state index >= 15 is 0 Å². The second-order valence-corrected chi connectivity index (χ2v) is 9.61. The van der Waals surface area contributed by atoms with Crippen molar-refractivity contribution in [3.8, 4) is 11.5 Å². The summed E-state index contributed by atoms with van der Waals surface area (Å²) in [7, 11) is 3.11. The quantitative estimate of drug-likeness (QED) is 0.347. The molecule has 0 atom stereocenters. The van der Waals surface area contributed by atoms with E-state index in [1.54, 1.807) is 32.4 Å². The predicted molar refractivity (Wildman–Crippen MR) is 149 cm³/mol. The van der Waals surface area contributed by atoms with Crippen LogP contribution in [0.15, 0.2) is 72.3 Å². The number of carbonyl (C=O) groups is 3. The third-order valence-corrected chi connectivity index (χ3v) is 7.10. The van der Waals surface area contributed by atoms with Crippen molar-refractivity contribution in [2.24, 2.45) is 0 Å². The number of aryl methyl sites for hydroxylation is 1. The molecule has 4 amide bonds. The number of barbiturate groups is 1. The number of carbonyl (C=O) groups excluding carboxylic acids is 3. The molecule has 200 valence electrons. The molecule has 8 nitrogen and oxygen atoms in total. The van der Waals surface area contributed by atoms with E-state index in [4.69, 9.17) is 9.47 Å². The number of hydrogen-bond acceptors (Lipinski definition) is 6. The predicted octanol–water partition coefficient (Wildman–Crippen LogP) is 4.36. The van der Waals surface area contributed by atoms with Gasteiger partial charge in [0.1, 0.15) is 5.57 Å². The summed E-state index contributed by atoms with van der Waals surface area (Å²) in [6.45, 7) is 1.91. The minimum atomic E-state index is -0.718. The van der Waals surface area contributed by atoms with E-state index in [0.717, 1.165) is 42.0 Å². The topological polar surface area (TPSA) is 88.2 Å². The minimum Gasteiger partial charge on any atom is -0.493 e. The second kappa shape index (κ2) is 11.4. The molecule has 1 saturated heterocycles. The number of benzene rings is 3. The lowest BCUT2D eigenvalue weighted by Crippen LogP contribution is -2.54. The van der Waals surface area contributed by atoms with Crippen molar-refractivity contribution < 1.29 is 23.9 Å². The molecule has 0 saturated carbocycles. The Morgan fingerprint density at radius 1 is 0.897 bits per heavy atom. The number of anilines is 1. The Morgan fingerprint density at radius 3 is 2.46 bits per heavy atom. The summed E-state index contributed by atoms with van der Waals surface area (Å²) in [4.78, 5) is 41.9. The van der Waals surface area contributed by atoms with Crippen molar-refractivity contribution >= 4 is 29.6 Å². The van der Waals surface area contributed by atoms with E-state index in [1.807, 2.05) is 36.4 Å². The summed E-state index contributed by atoms with van der Waals surface area (Å²) in [6.07, 6.45) is 3.92. The summed E-state index contributed by atoms with van der Waals surface area (Å²) in [6, 6.07) is 21.1. The summed E-state index contributed by atoms with van der Waals surface area (Å²) in [5.41, 5.74) is 5.15. The Labute approximate surface area is 227 Å². The highest BCUT2D eigenvalue weighted by Crippen LogP contribution is 2.31. The number of methoxy groups -OCH3 is 2. The van der Waals surface area contributed by atoms with E-state index in [2.05, 4.69) is 28.4 Å². The van der Waals surface area contributed by atoms with Gasteiger partial charge in [0.15, 0.2) is 11.5 Å². The molecule has 5 rings (SSSR count). The Bertz CT molecular complexity index is 1430. The van der Waals surface area contributed by atoms with E-state index < -0.39 is 17.8 Å². The maximum atomic E-state index is 13.3. The van der Waals surface area contributed by atoms with Gasteiger partial charge in [-0.3, -0.25) is 19.8 Å². The maximum absolute atomic E-state index is 13.3. The second-order valence-electron chi connectivity index (χ2n) is 9.61. The molecule has 1 fully saturated rings. The van der Waals surface area contributed by atoms with E-state index in [9.17, 15) is 14.4 Å². The Morgan fingerprint density at radius 2 is 1.69 bits per heavy atom. The number of imide groups is 2. The van der Waals surface area contributed by atoms with Crippen LogP contribution in [0.25, 0.3) is 6.08 Å². The molecule has 3 aromatic rings. The third kappa shape index (κ3) is 5.65. The van der Waals surface area contributed by atoms with Crippen molar-refractivity contribution in [1.29, 1.82) is 0 Å². The summed E-state index contributed by atoms with van der Waals surface area (Å²) in [5, 5.41) is 2.31. The van der Waals surface area contributed by atoms with Crippen LogP contribution < -0.4 is 19.7 Å². The fraction of sp³-hybridized carbons (Fsp3) is 0.258. The average molecular weight is 526 g/mol. The van der Waals surface area contributed by atoms with E-state index in [1.165, 1.54) is 16.8 Å². The fourth-order valence-corrected chi connectivity index (χ4v) is 5.09. The Balaban J connectivity index is 1.33. The van der Waals surface area contributed by atoms with Gasteiger partial charge in [-0.15, -0.1) is 0 Å². The molecule has 0 bridgehead atoms. The molecule has 0 radical (unpaired) electrons. The lowest BCUT2D eigenvalue weighted by Gasteiger charge is -2.32. The van der Waals surface area contributed by atoms with Gasteiger partial charge in [0.2, 0.25) is 0 Å². The highest BCUT2D eigenvalue weighted by molar-refractivity contribution is 6.31. The average Bonchev–Trinajstić information content (AvgIpc) is 2.95. The molecule has 3 aromatic carbocycles. The number of rotatable bonds is 8. The van der Waals surface area contributed by atoms with Gasteiger partial charge in [-0.2, -0.15) is 0 Å². The van der Waals surface area contributed by atoms with Crippen LogP contribution in [0, 0.1) is 0 Å². The number of nitrogens with zero attached hydrogens (tertiary/aromatic N) is 2. The molecule has 2 aliphatic rings. The van der Waals surface area contributed by atoms with Gasteiger partial charge in [-0.25, -0.2) is 4.79 Å². The Kier molecular flexibility index (Phi) is 7.63. The van der Waals surface area contributed by atoms with Crippen molar-refractivity contribution in [3.63, 3.8) is 0 Å². The van der Waals surface area contributed by atoms with Crippen LogP contribution in [0.5, 0.6) is 11.5 Å². The van der Waals surface area contributed by atoms with Crippen molar-refractivity contribution in [2.45, 2.75) is 25.8 Å². The molecule has 39 heavy (non-hydrogen) atoms. The van der Waals surface area contributed by atoms with Crippen LogP contribution in [-0.4, -0.2) is 50.1 Å². The van der Waals surface area contributed by atoms with Crippen LogP contribution >= 0.6 is 0 Å². The van der Waals surface area contributed by atoms with Gasteiger partial charge < -0.3 is 14.4 Å². The molecule has 0 aromatic heterocycles. The van der Waals surface area contributed by atoms with Gasteiger partial charge >= 0.3 is 6.03 Å². The molecular formula is C31H31N3O5. The molecule has 1 N–H and O–H groups in total. The van der Waals surface area contributed by atoms with Crippen LogP contribution in [0.2, 0.25) is 0 Å². The summed E-state index contributed by atoms with van der Waals surface area (Å²) < 4.78 is 10.6. The zero-order valence-corrected chi connectivity index (χ0v) is 22.1. The first-order valence-electron chi connectivity index (χ1n) is 13.0. The zero-order valence-electron chi connectivity index (χ0n) is 22.1. The number of urea groups is 1. The van der Waals surface area contributed by atoms with Crippen LogP contribution in [0.1, 0.15) is 28.7 Å². The van der Waals surface area contributed by atoms with Crippen molar-refractivity contribution in [1.82, 2.24) is 10.2 Å². The number of amides is 4. The molecule has 8 heteroatoms. The smallest absolute Gasteiger partial charge is 0.331 e. The van der Waals surface area contributed by atoms with Crippen molar-refractivity contribution in [3.05, 3.63) is 94.6 Å². The first kappa shape index (κ1) is 26.0. The standard InChI is InChI=1S/C31H31N3O5/c1-38-27-13-11-21(19-28(27)39-2)14-16-34-30(36)25(29(35)32-31(34)37)18-23-10-12-26-24(17-23)9-6-15-33(26)20-22-7-4-3-5-8-22/h3-5,7-8,10-13,17-19H,6,9,14-16,20H2,1-2H3,(H,32,35,37). The number of fused-ring (bicyclic) bond motifs is 1. The maximum Gasteiger partial charge on any atom is 0.331 e. The van der Waals surface area contributed by atoms with E-state index in [-0.39, 0.29) is 12.1 Å². The molecule has 2 heterocycles. The molecular weight excluding hydrogens is 494 g/mol. The highest BCUT2D eigenvalue weighted by Gasteiger charge is 2.35. The monoisotopic (exact) mass is 525 g/mol. The number of ether oxygens (including phenoxy) is 2. The first-order chi connectivity index (χ1) is 19.0. The molecule has 2 aliphatic heterocycles. The largest absolute Gasteiger partial charge is 0.493 e. The van der Waals surface area contributed by atoms with Gasteiger partial charge in [0, 0.05) is 25.3 Å². The van der Waals surface area contributed by atoms with Gasteiger partial charge in [-0.1, -0.05) is 42.5 Å². The van der Waals surface area contributed by atoms with Crippen molar-refractivity contribution in [2.75, 3.05) is 32.2 Å². The zero-order chi connectivity index (χ0) is 27.4. The first-order valence-corrected chi connectivity index (χ1v) is 13.0. The van der Waals surface area contributed by atoms with Crippen LogP contribution in [0.4, 0.5) is 10.5 Å². The lowest BCUT2D eigenvalue weighted by atomic mass is 9.97. The Hall–Kier alpha value is -4.59. The molecule has 0 aliphatic carbocycles. The fourth-order valence-electron chi connectivity index (χ4n) is 5.09. The normalized spacial score (nSPS) is 16.3. The van der Waals surface area contributed by atoms with Crippen LogP contribution in [-0.2, 0) is 29.0 Å². The third-order valence-electron chi connectivity index (χ3n) is 7.10. The van der Waals surface area contributed by atoms with Crippen LogP contribution in [0.3, 0.4) is 0 Å². The number of hydrogen-bond donors (Lipinski definition) is 1. The molecule has 0 unspecified atom stereocenters. The summed E-state index contributed by atoms with van der Waals surface area (Å²) >= 11 is 0. The van der Waals surface area contributed by atoms with Gasteiger partial charge in [-0.05, 0) is 71.9 Å². The highest BCUT2D eigenvalue weighted by atomic mass is 16.5. The van der Waals surface area contributed by atoms with E-state index in [0.29, 0.717) is 17.9 Å². The minimum absolute atomic E-state index is 0.0567. The number of nitrogens with one attached hydrogen (secondary N) is 1. The summed E-state index contributed by atoms with van der Waals surface area (Å²) in [5.74, 6) is -0.129. The molecule has 0 spiro atoms. The SMILES string of the molecule is COc1ccc(CCN2C(=O)NC(=O)C(=Cc3ccc4c(c3)CCCN4Cc3ccccc3)C2=O)cc1OC. The lowest BCUT2D eigenvalue weighted by molar-refractivity contribution is -0.130. The van der Waals surface area contributed by atoms with Gasteiger partial charge in [0.25, 0.3) is 11.8 Å². The van der Waals surface area contributed by atoms with Gasteiger partial charge in [0.05, 0.1) is 14.2 Å².